The predicted molar refractivity (Wildman–Crippen MR) is 113 cm³/mol. The minimum atomic E-state index is -3.81. The Kier molecular flexibility index (Phi) is 4.99. The van der Waals surface area contributed by atoms with E-state index in [2.05, 4.69) is 9.71 Å². The van der Waals surface area contributed by atoms with Crippen LogP contribution in [-0.2, 0) is 10.0 Å². The Bertz CT molecular complexity index is 1370. The number of para-hydroxylation sites is 2. The van der Waals surface area contributed by atoms with Crippen molar-refractivity contribution in [1.29, 1.82) is 0 Å². The maximum atomic E-state index is 12.6. The first kappa shape index (κ1) is 20.2. The molecule has 10 heteroatoms. The summed E-state index contributed by atoms with van der Waals surface area (Å²) in [5, 5.41) is 13.9. The molecule has 0 spiro atoms. The van der Waals surface area contributed by atoms with Crippen molar-refractivity contribution in [3.05, 3.63) is 93.5 Å². The molecule has 0 radical (unpaired) electrons. The lowest BCUT2D eigenvalue weighted by Gasteiger charge is -2.12. The molecule has 0 aliphatic carbocycles. The molecule has 0 unspecified atom stereocenters. The van der Waals surface area contributed by atoms with Crippen LogP contribution in [0.4, 0.5) is 11.4 Å². The lowest BCUT2D eigenvalue weighted by Crippen LogP contribution is -2.14. The van der Waals surface area contributed by atoms with Crippen LogP contribution in [0.2, 0.25) is 0 Å². The highest BCUT2D eigenvalue weighted by Crippen LogP contribution is 2.30. The molecule has 1 N–H and O–H groups in total. The number of hydrogen-bond donors (Lipinski definition) is 1. The van der Waals surface area contributed by atoms with Crippen molar-refractivity contribution < 1.29 is 22.9 Å². The number of sulfonamides is 1. The monoisotopic (exact) mass is 437 g/mol. The molecule has 3 aromatic rings. The minimum Gasteiger partial charge on any atom is -0.421 e. The number of anilines is 1. The van der Waals surface area contributed by atoms with E-state index in [-0.39, 0.29) is 27.7 Å². The summed E-state index contributed by atoms with van der Waals surface area (Å²) in [4.78, 5) is 23.1. The number of aryl methyl sites for hydroxylation is 1. The number of amidine groups is 1. The number of esters is 1. The third-order valence-corrected chi connectivity index (χ3v) is 5.94. The van der Waals surface area contributed by atoms with Crippen molar-refractivity contribution in [2.45, 2.75) is 11.8 Å². The van der Waals surface area contributed by atoms with Crippen molar-refractivity contribution in [3.63, 3.8) is 0 Å². The van der Waals surface area contributed by atoms with Gasteiger partial charge in [0.05, 0.1) is 16.2 Å². The van der Waals surface area contributed by atoms with Gasteiger partial charge in [-0.1, -0.05) is 24.3 Å². The zero-order chi connectivity index (χ0) is 22.2. The fourth-order valence-corrected chi connectivity index (χ4v) is 4.30. The molecule has 4 rings (SSSR count). The van der Waals surface area contributed by atoms with Gasteiger partial charge in [0.2, 0.25) is 0 Å². The van der Waals surface area contributed by atoms with E-state index in [4.69, 9.17) is 4.74 Å². The Labute approximate surface area is 177 Å². The van der Waals surface area contributed by atoms with E-state index in [0.29, 0.717) is 16.8 Å². The van der Waals surface area contributed by atoms with E-state index in [9.17, 15) is 23.3 Å². The first-order valence-electron chi connectivity index (χ1n) is 9.04. The Morgan fingerprint density at radius 2 is 1.77 bits per heavy atom. The van der Waals surface area contributed by atoms with E-state index in [0.717, 1.165) is 0 Å². The Hall–Kier alpha value is -4.05. The first-order chi connectivity index (χ1) is 14.8. The van der Waals surface area contributed by atoms with Gasteiger partial charge in [-0.05, 0) is 43.3 Å². The normalized spacial score (nSPS) is 13.8. The van der Waals surface area contributed by atoms with Crippen molar-refractivity contribution in [2.24, 2.45) is 4.40 Å². The van der Waals surface area contributed by atoms with Gasteiger partial charge in [-0.2, -0.15) is 8.42 Å². The van der Waals surface area contributed by atoms with Gasteiger partial charge < -0.3 is 10.1 Å². The van der Waals surface area contributed by atoms with E-state index in [1.807, 2.05) is 0 Å². The highest BCUT2D eigenvalue weighted by atomic mass is 32.2. The second-order valence-electron chi connectivity index (χ2n) is 6.68. The predicted octanol–water partition coefficient (Wildman–Crippen LogP) is 3.68. The maximum absolute atomic E-state index is 12.6. The number of ether oxygens (including phenoxy) is 1. The van der Waals surface area contributed by atoms with Crippen molar-refractivity contribution in [2.75, 3.05) is 5.32 Å². The summed E-state index contributed by atoms with van der Waals surface area (Å²) in [6.45, 7) is 1.53. The molecule has 0 saturated carbocycles. The summed E-state index contributed by atoms with van der Waals surface area (Å²) in [6, 6.07) is 16.8. The molecular formula is C21H15N3O6S. The van der Waals surface area contributed by atoms with Crippen molar-refractivity contribution in [1.82, 2.24) is 0 Å². The molecule has 1 aliphatic heterocycles. The van der Waals surface area contributed by atoms with Crippen LogP contribution in [0.15, 0.2) is 76.0 Å². The lowest BCUT2D eigenvalue weighted by molar-refractivity contribution is -0.385. The Morgan fingerprint density at radius 1 is 1.06 bits per heavy atom. The molecule has 3 aromatic carbocycles. The molecule has 0 saturated heterocycles. The maximum Gasteiger partial charge on any atom is 0.343 e. The van der Waals surface area contributed by atoms with Gasteiger partial charge in [0.25, 0.3) is 15.7 Å². The molecule has 0 aromatic heterocycles. The van der Waals surface area contributed by atoms with Crippen molar-refractivity contribution in [3.8, 4) is 5.75 Å². The average Bonchev–Trinajstić information content (AvgIpc) is 2.99. The molecule has 1 heterocycles. The standard InChI is InChI=1S/C21H15N3O6S/c1-13-12-14(10-11-17(13)24(26)27)21(25)30-18-8-4-3-7-16(18)22-20-15-6-2-5-9-19(15)31(28,29)23-20/h2-12H,1H3,(H,22,23). The van der Waals surface area contributed by atoms with Gasteiger partial charge in [0.15, 0.2) is 11.6 Å². The van der Waals surface area contributed by atoms with Crippen LogP contribution in [0.5, 0.6) is 5.75 Å². The number of hydrogen-bond acceptors (Lipinski definition) is 7. The summed E-state index contributed by atoms with van der Waals surface area (Å²) in [5.74, 6) is -0.452. The van der Waals surface area contributed by atoms with Crippen LogP contribution in [0.1, 0.15) is 21.5 Å². The zero-order valence-electron chi connectivity index (χ0n) is 16.1. The van der Waals surface area contributed by atoms with Gasteiger partial charge in [0, 0.05) is 17.2 Å². The van der Waals surface area contributed by atoms with Crippen LogP contribution >= 0.6 is 0 Å². The summed E-state index contributed by atoms with van der Waals surface area (Å²) < 4.78 is 33.7. The molecule has 0 bridgehead atoms. The number of fused-ring (bicyclic) bond motifs is 1. The summed E-state index contributed by atoms with van der Waals surface area (Å²) in [6.07, 6.45) is 0. The highest BCUT2D eigenvalue weighted by Gasteiger charge is 2.29. The van der Waals surface area contributed by atoms with Gasteiger partial charge in [-0.15, -0.1) is 4.40 Å². The smallest absolute Gasteiger partial charge is 0.343 e. The molecule has 1 aliphatic rings. The Balaban J connectivity index is 1.61. The molecule has 156 valence electrons. The largest absolute Gasteiger partial charge is 0.421 e. The van der Waals surface area contributed by atoms with Crippen LogP contribution in [0, 0.1) is 17.0 Å². The SMILES string of the molecule is Cc1cc(C(=O)Oc2ccccc2NC2=NS(=O)(=O)c3ccccc32)ccc1[N+](=O)[O-]. The topological polar surface area (TPSA) is 128 Å². The third kappa shape index (κ3) is 3.88. The molecule has 0 amide bonds. The third-order valence-electron chi connectivity index (χ3n) is 4.60. The number of nitrogens with one attached hydrogen (secondary N) is 1. The summed E-state index contributed by atoms with van der Waals surface area (Å²) >= 11 is 0. The molecule has 31 heavy (non-hydrogen) atoms. The number of rotatable bonds is 4. The molecular weight excluding hydrogens is 422 g/mol. The highest BCUT2D eigenvalue weighted by molar-refractivity contribution is 7.90. The van der Waals surface area contributed by atoms with Gasteiger partial charge >= 0.3 is 5.97 Å². The average molecular weight is 437 g/mol. The van der Waals surface area contributed by atoms with E-state index < -0.39 is 20.9 Å². The van der Waals surface area contributed by atoms with Gasteiger partial charge in [0.1, 0.15) is 4.90 Å². The van der Waals surface area contributed by atoms with Gasteiger partial charge in [-0.3, -0.25) is 10.1 Å². The fraction of sp³-hybridized carbons (Fsp3) is 0.0476. The number of nitrogens with zero attached hydrogens (tertiary/aromatic N) is 2. The van der Waals surface area contributed by atoms with Crippen LogP contribution in [0.3, 0.4) is 0 Å². The van der Waals surface area contributed by atoms with E-state index >= 15 is 0 Å². The Morgan fingerprint density at radius 3 is 2.52 bits per heavy atom. The van der Waals surface area contributed by atoms with Crippen molar-refractivity contribution >= 4 is 33.2 Å². The quantitative estimate of drug-likeness (QED) is 0.285. The number of carbonyl (C=O) groups excluding carboxylic acids is 1. The number of benzene rings is 3. The second kappa shape index (κ2) is 7.65. The lowest BCUT2D eigenvalue weighted by atomic mass is 10.1. The van der Waals surface area contributed by atoms with E-state index in [1.165, 1.54) is 37.3 Å². The molecule has 0 atom stereocenters. The summed E-state index contributed by atoms with van der Waals surface area (Å²) in [5.41, 5.74) is 1.12. The van der Waals surface area contributed by atoms with Crippen LogP contribution in [-0.4, -0.2) is 25.1 Å². The zero-order valence-corrected chi connectivity index (χ0v) is 16.9. The number of nitro groups is 1. The summed E-state index contributed by atoms with van der Waals surface area (Å²) in [7, 11) is -3.81. The molecule has 0 fully saturated rings. The van der Waals surface area contributed by atoms with E-state index in [1.54, 1.807) is 36.4 Å². The first-order valence-corrected chi connectivity index (χ1v) is 10.5. The fourth-order valence-electron chi connectivity index (χ4n) is 3.13. The molecule has 9 nitrogen and oxygen atoms in total. The second-order valence-corrected chi connectivity index (χ2v) is 8.25. The number of carbonyl (C=O) groups is 1. The van der Waals surface area contributed by atoms with Crippen LogP contribution < -0.4 is 10.1 Å². The van der Waals surface area contributed by atoms with Crippen LogP contribution in [0.25, 0.3) is 0 Å². The van der Waals surface area contributed by atoms with Gasteiger partial charge in [-0.25, -0.2) is 4.79 Å². The minimum absolute atomic E-state index is 0.0910. The number of nitro benzene ring substituents is 1.